The lowest BCUT2D eigenvalue weighted by Gasteiger charge is -2.29. The van der Waals surface area contributed by atoms with Gasteiger partial charge in [0, 0.05) is 5.56 Å². The van der Waals surface area contributed by atoms with Gasteiger partial charge in [0.25, 0.3) is 5.91 Å². The van der Waals surface area contributed by atoms with Crippen molar-refractivity contribution in [1.82, 2.24) is 0 Å². The molecule has 1 aliphatic rings. The number of ether oxygens (including phenoxy) is 1. The van der Waals surface area contributed by atoms with Gasteiger partial charge in [0.2, 0.25) is 5.91 Å². The van der Waals surface area contributed by atoms with Crippen LogP contribution in [0.15, 0.2) is 48.5 Å². The van der Waals surface area contributed by atoms with E-state index in [9.17, 15) is 14.4 Å². The van der Waals surface area contributed by atoms with Crippen LogP contribution in [-0.4, -0.2) is 30.7 Å². The number of para-hydroxylation sites is 2. The molecule has 3 rings (SSSR count). The van der Waals surface area contributed by atoms with E-state index in [4.69, 9.17) is 4.74 Å². The zero-order chi connectivity index (χ0) is 17.1. The summed E-state index contributed by atoms with van der Waals surface area (Å²) in [5.41, 5.74) is 1.76. The Labute approximate surface area is 139 Å². The van der Waals surface area contributed by atoms with Crippen LogP contribution in [0.2, 0.25) is 0 Å². The van der Waals surface area contributed by atoms with Crippen LogP contribution in [0, 0.1) is 0 Å². The summed E-state index contributed by atoms with van der Waals surface area (Å²) in [4.78, 5) is 37.0. The molecule has 122 valence electrons. The highest BCUT2D eigenvalue weighted by molar-refractivity contribution is 6.10. The van der Waals surface area contributed by atoms with E-state index in [1.165, 1.54) is 11.8 Å². The maximum absolute atomic E-state index is 12.5. The van der Waals surface area contributed by atoms with E-state index >= 15 is 0 Å². The second-order valence-electron chi connectivity index (χ2n) is 5.42. The summed E-state index contributed by atoms with van der Waals surface area (Å²) in [6.07, 6.45) is 0. The van der Waals surface area contributed by atoms with Crippen molar-refractivity contribution >= 4 is 29.0 Å². The maximum Gasteiger partial charge on any atom is 0.265 e. The Morgan fingerprint density at radius 2 is 1.96 bits per heavy atom. The fourth-order valence-electron chi connectivity index (χ4n) is 2.48. The maximum atomic E-state index is 12.5. The van der Waals surface area contributed by atoms with Gasteiger partial charge in [-0.1, -0.05) is 24.3 Å². The van der Waals surface area contributed by atoms with Gasteiger partial charge in [-0.25, -0.2) is 0 Å². The average molecular weight is 324 g/mol. The first-order valence-corrected chi connectivity index (χ1v) is 7.47. The summed E-state index contributed by atoms with van der Waals surface area (Å²) in [6, 6.07) is 13.7. The first-order chi connectivity index (χ1) is 11.5. The summed E-state index contributed by atoms with van der Waals surface area (Å²) in [7, 11) is 0. The number of carbonyl (C=O) groups is 3. The van der Waals surface area contributed by atoms with Gasteiger partial charge in [-0.2, -0.15) is 0 Å². The number of hydrogen-bond donors (Lipinski definition) is 1. The molecule has 0 atom stereocenters. The van der Waals surface area contributed by atoms with Crippen molar-refractivity contribution in [2.24, 2.45) is 0 Å². The minimum Gasteiger partial charge on any atom is -0.484 e. The van der Waals surface area contributed by atoms with Gasteiger partial charge in [-0.15, -0.1) is 0 Å². The number of nitrogens with zero attached hydrogens (tertiary/aromatic N) is 1. The molecule has 0 saturated heterocycles. The third-order valence-corrected chi connectivity index (χ3v) is 3.67. The van der Waals surface area contributed by atoms with Crippen molar-refractivity contribution < 1.29 is 19.1 Å². The zero-order valence-electron chi connectivity index (χ0n) is 13.1. The van der Waals surface area contributed by atoms with E-state index in [-0.39, 0.29) is 30.7 Å². The molecule has 6 heteroatoms. The minimum absolute atomic E-state index is 0.0489. The molecular weight excluding hydrogens is 308 g/mol. The van der Waals surface area contributed by atoms with Crippen LogP contribution < -0.4 is 15.0 Å². The average Bonchev–Trinajstić information content (AvgIpc) is 2.59. The van der Waals surface area contributed by atoms with Gasteiger partial charge in [-0.05, 0) is 31.2 Å². The number of benzene rings is 2. The minimum atomic E-state index is -0.328. The van der Waals surface area contributed by atoms with Crippen molar-refractivity contribution in [1.29, 1.82) is 0 Å². The molecule has 0 fully saturated rings. The standard InChI is InChI=1S/C18H16N2O4/c1-12(21)13-5-4-6-14(9-13)24-11-18(23)20-10-17(22)19-15-7-2-3-8-16(15)20/h2-9H,10-11H2,1H3,(H,19,22). The highest BCUT2D eigenvalue weighted by atomic mass is 16.5. The Bertz CT molecular complexity index is 816. The van der Waals surface area contributed by atoms with Crippen molar-refractivity contribution in [3.63, 3.8) is 0 Å². The molecule has 1 aliphatic heterocycles. The Kier molecular flexibility index (Phi) is 4.29. The number of amides is 2. The first kappa shape index (κ1) is 15.7. The van der Waals surface area contributed by atoms with Crippen molar-refractivity contribution in [3.8, 4) is 5.75 Å². The normalized spacial score (nSPS) is 13.0. The van der Waals surface area contributed by atoms with E-state index in [1.54, 1.807) is 48.5 Å². The third-order valence-electron chi connectivity index (χ3n) is 3.67. The number of nitrogens with one attached hydrogen (secondary N) is 1. The van der Waals surface area contributed by atoms with Crippen molar-refractivity contribution in [3.05, 3.63) is 54.1 Å². The molecule has 1 heterocycles. The van der Waals surface area contributed by atoms with E-state index in [0.717, 1.165) is 0 Å². The quantitative estimate of drug-likeness (QED) is 0.875. The number of ketones is 1. The molecule has 0 bridgehead atoms. The Balaban J connectivity index is 1.73. The highest BCUT2D eigenvalue weighted by Crippen LogP contribution is 2.28. The lowest BCUT2D eigenvalue weighted by Crippen LogP contribution is -2.44. The summed E-state index contributed by atoms with van der Waals surface area (Å²) in [5, 5.41) is 2.73. The van der Waals surface area contributed by atoms with Crippen molar-refractivity contribution in [2.45, 2.75) is 6.92 Å². The predicted molar refractivity (Wildman–Crippen MR) is 89.4 cm³/mol. The van der Waals surface area contributed by atoms with Crippen LogP contribution in [0.3, 0.4) is 0 Å². The zero-order valence-corrected chi connectivity index (χ0v) is 13.1. The van der Waals surface area contributed by atoms with Crippen LogP contribution in [0.1, 0.15) is 17.3 Å². The Hall–Kier alpha value is -3.15. The number of hydrogen-bond acceptors (Lipinski definition) is 4. The molecule has 2 amide bonds. The van der Waals surface area contributed by atoms with Crippen LogP contribution in [-0.2, 0) is 9.59 Å². The first-order valence-electron chi connectivity index (χ1n) is 7.47. The predicted octanol–water partition coefficient (Wildman–Crippen LogP) is 2.25. The van der Waals surface area contributed by atoms with Gasteiger partial charge >= 0.3 is 0 Å². The van der Waals surface area contributed by atoms with Gasteiger partial charge in [0.1, 0.15) is 12.3 Å². The largest absolute Gasteiger partial charge is 0.484 e. The monoisotopic (exact) mass is 324 g/mol. The summed E-state index contributed by atoms with van der Waals surface area (Å²) in [6.45, 7) is 1.20. The van der Waals surface area contributed by atoms with Gasteiger partial charge < -0.3 is 10.1 Å². The van der Waals surface area contributed by atoms with Crippen LogP contribution in [0.4, 0.5) is 11.4 Å². The molecule has 0 unspecified atom stereocenters. The molecule has 0 aliphatic carbocycles. The van der Waals surface area contributed by atoms with Crippen LogP contribution in [0.25, 0.3) is 0 Å². The molecule has 0 aromatic heterocycles. The lowest BCUT2D eigenvalue weighted by molar-refractivity contribution is -0.123. The van der Waals surface area contributed by atoms with Crippen molar-refractivity contribution in [2.75, 3.05) is 23.4 Å². The second kappa shape index (κ2) is 6.54. The highest BCUT2D eigenvalue weighted by Gasteiger charge is 2.26. The van der Waals surface area contributed by atoms with E-state index in [0.29, 0.717) is 22.7 Å². The summed E-state index contributed by atoms with van der Waals surface area (Å²) in [5.74, 6) is -0.217. The molecule has 0 saturated carbocycles. The molecule has 24 heavy (non-hydrogen) atoms. The van der Waals surface area contributed by atoms with Crippen LogP contribution >= 0.6 is 0 Å². The number of rotatable bonds is 4. The summed E-state index contributed by atoms with van der Waals surface area (Å²) < 4.78 is 5.49. The number of carbonyl (C=O) groups excluding carboxylic acids is 3. The molecule has 6 nitrogen and oxygen atoms in total. The summed E-state index contributed by atoms with van der Waals surface area (Å²) >= 11 is 0. The number of anilines is 2. The fraction of sp³-hybridized carbons (Fsp3) is 0.167. The molecule has 2 aromatic rings. The van der Waals surface area contributed by atoms with E-state index < -0.39 is 0 Å². The Morgan fingerprint density at radius 3 is 2.75 bits per heavy atom. The lowest BCUT2D eigenvalue weighted by atomic mass is 10.1. The van der Waals surface area contributed by atoms with E-state index in [2.05, 4.69) is 5.32 Å². The fourth-order valence-corrected chi connectivity index (χ4v) is 2.48. The molecule has 1 N–H and O–H groups in total. The van der Waals surface area contributed by atoms with Gasteiger partial charge in [0.15, 0.2) is 12.4 Å². The molecule has 0 spiro atoms. The SMILES string of the molecule is CC(=O)c1cccc(OCC(=O)N2CC(=O)Nc3ccccc32)c1. The van der Waals surface area contributed by atoms with Crippen LogP contribution in [0.5, 0.6) is 5.75 Å². The Morgan fingerprint density at radius 1 is 1.17 bits per heavy atom. The smallest absolute Gasteiger partial charge is 0.265 e. The molecular formula is C18H16N2O4. The third kappa shape index (κ3) is 3.27. The topological polar surface area (TPSA) is 75.7 Å². The second-order valence-corrected chi connectivity index (χ2v) is 5.42. The van der Waals surface area contributed by atoms with Gasteiger partial charge in [0.05, 0.1) is 11.4 Å². The van der Waals surface area contributed by atoms with Gasteiger partial charge in [-0.3, -0.25) is 19.3 Å². The number of fused-ring (bicyclic) bond motifs is 1. The number of Topliss-reactive ketones (excluding diaryl/α,β-unsaturated/α-hetero) is 1. The van der Waals surface area contributed by atoms with E-state index in [1.807, 2.05) is 0 Å². The molecule has 2 aromatic carbocycles. The molecule has 0 radical (unpaired) electrons.